The second-order valence-electron chi connectivity index (χ2n) is 10.4. The average molecular weight is 649 g/mol. The first-order chi connectivity index (χ1) is 21.9. The third-order valence-electron chi connectivity index (χ3n) is 7.11. The van der Waals surface area contributed by atoms with Gasteiger partial charge in [-0.25, -0.2) is 4.79 Å². The Hall–Kier alpha value is -3.81. The van der Waals surface area contributed by atoms with Crippen molar-refractivity contribution in [2.75, 3.05) is 18.9 Å². The number of aromatic nitrogens is 2. The lowest BCUT2D eigenvalue weighted by Gasteiger charge is -2.36. The van der Waals surface area contributed by atoms with Crippen LogP contribution in [0, 0.1) is 6.92 Å². The SMILES string of the molecule is CCOC(=O)CNC(=O)NCc1cccc(-c2ccc([C@@H]3O[C@H](CSc4nnc(C)s4)C[C@H](c4ccc(CO)cc4)O3)cc2)c1. The number of aliphatic hydroxyl groups is 1. The van der Waals surface area contributed by atoms with Crippen molar-refractivity contribution >= 4 is 35.1 Å². The Morgan fingerprint density at radius 2 is 1.76 bits per heavy atom. The van der Waals surface area contributed by atoms with Crippen molar-refractivity contribution < 1.29 is 28.9 Å². The summed E-state index contributed by atoms with van der Waals surface area (Å²) in [7, 11) is 0. The van der Waals surface area contributed by atoms with Crippen molar-refractivity contribution in [3.63, 3.8) is 0 Å². The number of urea groups is 1. The molecule has 5 rings (SSSR count). The zero-order valence-corrected chi connectivity index (χ0v) is 26.7. The van der Waals surface area contributed by atoms with Crippen LogP contribution in [-0.2, 0) is 32.2 Å². The van der Waals surface area contributed by atoms with E-state index in [0.29, 0.717) is 13.0 Å². The lowest BCUT2D eigenvalue weighted by atomic mass is 9.99. The number of nitrogens with one attached hydrogen (secondary N) is 2. The smallest absolute Gasteiger partial charge is 0.325 e. The molecule has 45 heavy (non-hydrogen) atoms. The minimum Gasteiger partial charge on any atom is -0.465 e. The van der Waals surface area contributed by atoms with E-state index in [9.17, 15) is 14.7 Å². The third-order valence-corrected chi connectivity index (χ3v) is 9.21. The van der Waals surface area contributed by atoms with Gasteiger partial charge in [-0.2, -0.15) is 0 Å². The van der Waals surface area contributed by atoms with Gasteiger partial charge in [-0.3, -0.25) is 4.79 Å². The van der Waals surface area contributed by atoms with Crippen LogP contribution in [0.2, 0.25) is 0 Å². The molecule has 0 saturated carbocycles. The van der Waals surface area contributed by atoms with E-state index >= 15 is 0 Å². The van der Waals surface area contributed by atoms with Crippen LogP contribution < -0.4 is 10.6 Å². The van der Waals surface area contributed by atoms with Crippen LogP contribution >= 0.6 is 23.1 Å². The predicted octanol–water partition coefficient (Wildman–Crippen LogP) is 5.71. The molecule has 0 spiro atoms. The first kappa shape index (κ1) is 32.6. The number of benzene rings is 3. The molecule has 0 aliphatic carbocycles. The molecule has 2 amide bonds. The predicted molar refractivity (Wildman–Crippen MR) is 173 cm³/mol. The largest absolute Gasteiger partial charge is 0.465 e. The van der Waals surface area contributed by atoms with E-state index in [2.05, 4.69) is 20.8 Å². The van der Waals surface area contributed by atoms with Crippen molar-refractivity contribution in [1.29, 1.82) is 0 Å². The summed E-state index contributed by atoms with van der Waals surface area (Å²) in [6.45, 7) is 4.05. The monoisotopic (exact) mass is 648 g/mol. The Balaban J connectivity index is 1.25. The summed E-state index contributed by atoms with van der Waals surface area (Å²) >= 11 is 3.22. The standard InChI is InChI=1S/C33H36N4O6S2/c1-3-41-30(39)18-35-32(40)34-17-23-5-4-6-27(15-23)24-11-13-26(14-12-24)31-42-28(20-44-33-37-36-21(2)45-33)16-29(43-31)25-9-7-22(19-38)8-10-25/h4-15,28-29,31,38H,3,16-20H2,1-2H3,(H2,34,35,40)/t28-,29+,31+/m0/s1. The number of thioether (sulfide) groups is 1. The van der Waals surface area contributed by atoms with Gasteiger partial charge in [0.1, 0.15) is 11.6 Å². The minimum atomic E-state index is -0.555. The maximum atomic E-state index is 12.1. The molecule has 3 atom stereocenters. The van der Waals surface area contributed by atoms with E-state index < -0.39 is 18.3 Å². The first-order valence-electron chi connectivity index (χ1n) is 14.7. The second kappa shape index (κ2) is 16.0. The van der Waals surface area contributed by atoms with Crippen LogP contribution in [0.15, 0.2) is 77.1 Å². The highest BCUT2D eigenvalue weighted by Crippen LogP contribution is 2.40. The van der Waals surface area contributed by atoms with Gasteiger partial charge < -0.3 is 30.0 Å². The van der Waals surface area contributed by atoms with Crippen molar-refractivity contribution in [2.24, 2.45) is 0 Å². The molecule has 10 nitrogen and oxygen atoms in total. The number of rotatable bonds is 12. The highest BCUT2D eigenvalue weighted by atomic mass is 32.2. The van der Waals surface area contributed by atoms with E-state index in [1.165, 1.54) is 0 Å². The quantitative estimate of drug-likeness (QED) is 0.131. The van der Waals surface area contributed by atoms with E-state index in [4.69, 9.17) is 14.2 Å². The molecular formula is C33H36N4O6S2. The summed E-state index contributed by atoms with van der Waals surface area (Å²) in [5.74, 6) is 0.242. The fourth-order valence-corrected chi connectivity index (χ4v) is 6.69. The van der Waals surface area contributed by atoms with Gasteiger partial charge in [0, 0.05) is 24.3 Å². The molecule has 1 aromatic heterocycles. The van der Waals surface area contributed by atoms with Gasteiger partial charge in [-0.15, -0.1) is 10.2 Å². The van der Waals surface area contributed by atoms with E-state index in [-0.39, 0.29) is 32.0 Å². The number of ether oxygens (including phenoxy) is 3. The van der Waals surface area contributed by atoms with E-state index in [0.717, 1.165) is 48.5 Å². The fraction of sp³-hybridized carbons (Fsp3) is 0.333. The van der Waals surface area contributed by atoms with Crippen LogP contribution in [0.1, 0.15) is 53.0 Å². The molecule has 1 aliphatic heterocycles. The zero-order chi connectivity index (χ0) is 31.6. The number of esters is 1. The van der Waals surface area contributed by atoms with Gasteiger partial charge in [0.25, 0.3) is 0 Å². The molecule has 1 fully saturated rings. The van der Waals surface area contributed by atoms with Crippen molar-refractivity contribution in [3.05, 3.63) is 100 Å². The summed E-state index contributed by atoms with van der Waals surface area (Å²) in [5, 5.41) is 24.0. The molecule has 236 valence electrons. The average Bonchev–Trinajstić information content (AvgIpc) is 3.50. The van der Waals surface area contributed by atoms with Crippen LogP contribution in [0.3, 0.4) is 0 Å². The maximum Gasteiger partial charge on any atom is 0.325 e. The molecule has 1 saturated heterocycles. The summed E-state index contributed by atoms with van der Waals surface area (Å²) < 4.78 is 18.7. The molecule has 3 N–H and O–H groups in total. The molecule has 12 heteroatoms. The van der Waals surface area contributed by atoms with Gasteiger partial charge in [-0.1, -0.05) is 89.8 Å². The molecule has 0 unspecified atom stereocenters. The van der Waals surface area contributed by atoms with E-state index in [1.54, 1.807) is 30.0 Å². The van der Waals surface area contributed by atoms with Gasteiger partial charge in [0.2, 0.25) is 0 Å². The summed E-state index contributed by atoms with van der Waals surface area (Å²) in [6, 6.07) is 23.4. The number of aliphatic hydroxyl groups excluding tert-OH is 1. The molecular weight excluding hydrogens is 613 g/mol. The minimum absolute atomic E-state index is 0.00368. The number of amides is 2. The Bertz CT molecular complexity index is 1560. The van der Waals surface area contributed by atoms with Crippen LogP contribution in [0.25, 0.3) is 11.1 Å². The molecule has 0 radical (unpaired) electrons. The normalized spacial score (nSPS) is 17.9. The molecule has 0 bridgehead atoms. The highest BCUT2D eigenvalue weighted by Gasteiger charge is 2.32. The first-order valence-corrected chi connectivity index (χ1v) is 16.5. The van der Waals surface area contributed by atoms with Crippen LogP contribution in [-0.4, -0.2) is 52.3 Å². The van der Waals surface area contributed by atoms with Gasteiger partial charge in [0.05, 0.1) is 25.4 Å². The number of carbonyl (C=O) groups is 2. The lowest BCUT2D eigenvalue weighted by Crippen LogP contribution is -2.38. The Morgan fingerprint density at radius 1 is 0.978 bits per heavy atom. The number of nitrogens with zero attached hydrogens (tertiary/aromatic N) is 2. The van der Waals surface area contributed by atoms with Gasteiger partial charge >= 0.3 is 12.0 Å². The Labute approximate surface area is 270 Å². The number of aryl methyl sites for hydroxylation is 1. The van der Waals surface area contributed by atoms with E-state index in [1.807, 2.05) is 79.7 Å². The third kappa shape index (κ3) is 9.35. The van der Waals surface area contributed by atoms with Crippen molar-refractivity contribution in [3.8, 4) is 11.1 Å². The number of carbonyl (C=O) groups excluding carboxylic acids is 2. The van der Waals surface area contributed by atoms with Crippen LogP contribution in [0.4, 0.5) is 4.79 Å². The van der Waals surface area contributed by atoms with Crippen LogP contribution in [0.5, 0.6) is 0 Å². The maximum absolute atomic E-state index is 12.1. The van der Waals surface area contributed by atoms with Gasteiger partial charge in [0.15, 0.2) is 10.6 Å². The Morgan fingerprint density at radius 3 is 2.47 bits per heavy atom. The zero-order valence-electron chi connectivity index (χ0n) is 25.1. The topological polar surface area (TPSA) is 132 Å². The highest BCUT2D eigenvalue weighted by molar-refractivity contribution is 8.01. The van der Waals surface area contributed by atoms with Crippen molar-refractivity contribution in [1.82, 2.24) is 20.8 Å². The molecule has 4 aromatic rings. The fourth-order valence-electron chi connectivity index (χ4n) is 4.83. The number of hydrogen-bond donors (Lipinski definition) is 3. The van der Waals surface area contributed by atoms with Crippen molar-refractivity contribution in [2.45, 2.75) is 56.3 Å². The van der Waals surface area contributed by atoms with Gasteiger partial charge in [-0.05, 0) is 47.7 Å². The molecule has 3 aromatic carbocycles. The molecule has 2 heterocycles. The second-order valence-corrected chi connectivity index (χ2v) is 12.9. The summed E-state index contributed by atoms with van der Waals surface area (Å²) in [4.78, 5) is 23.5. The Kier molecular flexibility index (Phi) is 11.6. The molecule has 1 aliphatic rings. The number of hydrogen-bond acceptors (Lipinski definition) is 10. The summed E-state index contributed by atoms with van der Waals surface area (Å²) in [5.41, 5.74) is 5.74. The summed E-state index contributed by atoms with van der Waals surface area (Å²) in [6.07, 6.45) is -0.101. The lowest BCUT2D eigenvalue weighted by molar-refractivity contribution is -0.245.